The van der Waals surface area contributed by atoms with Crippen molar-refractivity contribution in [2.75, 3.05) is 0 Å². The Morgan fingerprint density at radius 3 is 2.20 bits per heavy atom. The second-order valence-corrected chi connectivity index (χ2v) is 5.60. The maximum absolute atomic E-state index is 13.9. The number of aromatic nitrogens is 1. The summed E-state index contributed by atoms with van der Waals surface area (Å²) in [5, 5.41) is 2.15. The first-order chi connectivity index (χ1) is 12.2. The fourth-order valence-electron chi connectivity index (χ4n) is 2.25. The van der Waals surface area contributed by atoms with Gasteiger partial charge in [-0.05, 0) is 42.4 Å². The number of hydrogen-bond acceptors (Lipinski definition) is 3. The van der Waals surface area contributed by atoms with Gasteiger partial charge in [-0.1, -0.05) is 53.8 Å². The molecule has 0 saturated heterocycles. The lowest BCUT2D eigenvalue weighted by Gasteiger charge is -2.02. The third kappa shape index (κ3) is 4.24. The summed E-state index contributed by atoms with van der Waals surface area (Å²) < 4.78 is 13.9. The van der Waals surface area contributed by atoms with E-state index in [1.807, 2.05) is 24.3 Å². The molecule has 2 aromatic carbocycles. The second-order valence-electron chi connectivity index (χ2n) is 5.42. The minimum Gasteiger partial charge on any atom is -0.235 e. The highest BCUT2D eigenvalue weighted by Crippen LogP contribution is 2.20. The third-order valence-electron chi connectivity index (χ3n) is 3.61. The molecule has 0 aliphatic carbocycles. The minimum atomic E-state index is -0.484. The second kappa shape index (κ2) is 7.63. The van der Waals surface area contributed by atoms with Crippen LogP contribution in [0.3, 0.4) is 0 Å². The molecule has 4 heteroatoms. The van der Waals surface area contributed by atoms with E-state index >= 15 is 0 Å². The van der Waals surface area contributed by atoms with Crippen LogP contribution in [0.4, 0.5) is 10.2 Å². The van der Waals surface area contributed by atoms with Gasteiger partial charge in [-0.2, -0.15) is 4.99 Å². The van der Waals surface area contributed by atoms with Crippen LogP contribution in [0.5, 0.6) is 0 Å². The molecule has 0 bridgehead atoms. The van der Waals surface area contributed by atoms with E-state index in [1.54, 1.807) is 0 Å². The molecule has 25 heavy (non-hydrogen) atoms. The molecule has 0 aliphatic heterocycles. The average molecular weight is 344 g/mol. The molecule has 0 fully saturated rings. The molecule has 1 heterocycles. The normalized spacial score (nSPS) is 9.68. The fourth-order valence-corrected chi connectivity index (χ4v) is 2.35. The minimum absolute atomic E-state index is 0.181. The number of hydrogen-bond donors (Lipinski definition) is 0. The largest absolute Gasteiger partial charge is 0.235 e. The number of aryl methyl sites for hydroxylation is 1. The molecule has 3 rings (SSSR count). The van der Waals surface area contributed by atoms with E-state index in [-0.39, 0.29) is 11.4 Å². The van der Waals surface area contributed by atoms with Gasteiger partial charge >= 0.3 is 0 Å². The van der Waals surface area contributed by atoms with Gasteiger partial charge in [0, 0.05) is 17.8 Å². The van der Waals surface area contributed by atoms with E-state index in [4.69, 9.17) is 0 Å². The molecule has 3 aromatic rings. The van der Waals surface area contributed by atoms with Crippen molar-refractivity contribution in [3.63, 3.8) is 0 Å². The SMILES string of the molecule is Cc1ccc(-c2ccc(C#Cc3cnc(N=C=S)cc3F)cc2)cc1. The average Bonchev–Trinajstić information content (AvgIpc) is 2.62. The number of thiocarbonyl (C=S) groups is 1. The number of aliphatic imine (C=N–C) groups is 1. The van der Waals surface area contributed by atoms with Crippen LogP contribution >= 0.6 is 12.2 Å². The van der Waals surface area contributed by atoms with Gasteiger partial charge in [-0.3, -0.25) is 0 Å². The topological polar surface area (TPSA) is 25.2 Å². The zero-order valence-corrected chi connectivity index (χ0v) is 14.3. The summed E-state index contributed by atoms with van der Waals surface area (Å²) in [5.74, 6) is 5.43. The smallest absolute Gasteiger partial charge is 0.165 e. The first-order valence-corrected chi connectivity index (χ1v) is 7.99. The predicted octanol–water partition coefficient (Wildman–Crippen LogP) is 5.33. The van der Waals surface area contributed by atoms with E-state index in [1.165, 1.54) is 17.8 Å². The number of nitrogens with zero attached hydrogens (tertiary/aromatic N) is 2. The van der Waals surface area contributed by atoms with Crippen molar-refractivity contribution in [1.82, 2.24) is 4.98 Å². The molecule has 0 unspecified atom stereocenters. The van der Waals surface area contributed by atoms with Crippen molar-refractivity contribution < 1.29 is 4.39 Å². The van der Waals surface area contributed by atoms with Gasteiger partial charge in [0.15, 0.2) is 5.82 Å². The van der Waals surface area contributed by atoms with Crippen LogP contribution in [-0.2, 0) is 0 Å². The van der Waals surface area contributed by atoms with Gasteiger partial charge in [0.25, 0.3) is 0 Å². The van der Waals surface area contributed by atoms with Gasteiger partial charge in [0.1, 0.15) is 5.82 Å². The quantitative estimate of drug-likeness (QED) is 0.357. The van der Waals surface area contributed by atoms with E-state index in [0.29, 0.717) is 0 Å². The molecule has 2 nitrogen and oxygen atoms in total. The first-order valence-electron chi connectivity index (χ1n) is 7.58. The van der Waals surface area contributed by atoms with Crippen LogP contribution in [0.1, 0.15) is 16.7 Å². The third-order valence-corrected chi connectivity index (χ3v) is 3.70. The highest BCUT2D eigenvalue weighted by Gasteiger charge is 2.02. The van der Waals surface area contributed by atoms with E-state index in [0.717, 1.165) is 16.7 Å². The lowest BCUT2D eigenvalue weighted by Crippen LogP contribution is -1.86. The predicted molar refractivity (Wildman–Crippen MR) is 101 cm³/mol. The molecule has 0 aliphatic rings. The molecular formula is C21H13FN2S. The van der Waals surface area contributed by atoms with Gasteiger partial charge < -0.3 is 0 Å². The van der Waals surface area contributed by atoms with Crippen LogP contribution in [0.25, 0.3) is 11.1 Å². The number of isothiocyanates is 1. The zero-order valence-electron chi connectivity index (χ0n) is 13.5. The maximum Gasteiger partial charge on any atom is 0.165 e. The summed E-state index contributed by atoms with van der Waals surface area (Å²) in [6, 6.07) is 17.3. The molecule has 0 amide bonds. The lowest BCUT2D eigenvalue weighted by molar-refractivity contribution is 0.622. The van der Waals surface area contributed by atoms with Crippen molar-refractivity contribution >= 4 is 23.2 Å². The first kappa shape index (κ1) is 16.7. The summed E-state index contributed by atoms with van der Waals surface area (Å²) >= 11 is 4.47. The molecular weight excluding hydrogens is 331 g/mol. The van der Waals surface area contributed by atoms with Crippen LogP contribution in [0.15, 0.2) is 65.8 Å². The Morgan fingerprint density at radius 2 is 1.60 bits per heavy atom. The molecule has 1 aromatic heterocycles. The Labute approximate surface area is 151 Å². The molecule has 0 spiro atoms. The van der Waals surface area contributed by atoms with Crippen molar-refractivity contribution in [3.8, 4) is 23.0 Å². The summed E-state index contributed by atoms with van der Waals surface area (Å²) in [7, 11) is 0. The Morgan fingerprint density at radius 1 is 0.960 bits per heavy atom. The van der Waals surface area contributed by atoms with Crippen molar-refractivity contribution in [1.29, 1.82) is 0 Å². The molecule has 0 saturated carbocycles. The van der Waals surface area contributed by atoms with Gasteiger partial charge in [-0.15, -0.1) is 0 Å². The Balaban J connectivity index is 1.82. The number of rotatable bonds is 2. The molecule has 0 N–H and O–H groups in total. The van der Waals surface area contributed by atoms with E-state index in [2.05, 4.69) is 70.4 Å². The van der Waals surface area contributed by atoms with Crippen molar-refractivity contribution in [2.24, 2.45) is 4.99 Å². The van der Waals surface area contributed by atoms with Gasteiger partial charge in [0.2, 0.25) is 0 Å². The van der Waals surface area contributed by atoms with Crippen LogP contribution in [0, 0.1) is 24.6 Å². The lowest BCUT2D eigenvalue weighted by atomic mass is 10.0. The van der Waals surface area contributed by atoms with Crippen molar-refractivity contribution in [2.45, 2.75) is 6.92 Å². The Bertz CT molecular complexity index is 1010. The number of halogens is 1. The zero-order chi connectivity index (χ0) is 17.6. The van der Waals surface area contributed by atoms with E-state index < -0.39 is 5.82 Å². The Hall–Kier alpha value is -3.12. The highest BCUT2D eigenvalue weighted by molar-refractivity contribution is 7.78. The monoisotopic (exact) mass is 344 g/mol. The van der Waals surface area contributed by atoms with Crippen LogP contribution in [-0.4, -0.2) is 10.1 Å². The maximum atomic E-state index is 13.9. The van der Waals surface area contributed by atoms with Crippen molar-refractivity contribution in [3.05, 3.63) is 83.3 Å². The molecule has 120 valence electrons. The van der Waals surface area contributed by atoms with Gasteiger partial charge in [0.05, 0.1) is 10.7 Å². The van der Waals surface area contributed by atoms with Crippen LogP contribution < -0.4 is 0 Å². The standard InChI is InChI=1S/C21H13FN2S/c1-15-2-7-17(8-3-15)18-9-4-16(5-10-18)6-11-19-13-23-21(24-14-25)12-20(19)22/h2-5,7-10,12-13H,1H3. The van der Waals surface area contributed by atoms with E-state index in [9.17, 15) is 4.39 Å². The summed E-state index contributed by atoms with van der Waals surface area (Å²) in [4.78, 5) is 7.60. The number of benzene rings is 2. The van der Waals surface area contributed by atoms with Crippen LogP contribution in [0.2, 0.25) is 0 Å². The fraction of sp³-hybridized carbons (Fsp3) is 0.0476. The summed E-state index contributed by atoms with van der Waals surface area (Å²) in [5.41, 5.74) is 4.50. The summed E-state index contributed by atoms with van der Waals surface area (Å²) in [6.45, 7) is 2.06. The summed E-state index contributed by atoms with van der Waals surface area (Å²) in [6.07, 6.45) is 1.34. The number of pyridine rings is 1. The molecule has 0 radical (unpaired) electrons. The highest BCUT2D eigenvalue weighted by atomic mass is 32.1. The molecule has 0 atom stereocenters. The van der Waals surface area contributed by atoms with Gasteiger partial charge in [-0.25, -0.2) is 9.37 Å². The Kier molecular flexibility index (Phi) is 5.11.